The van der Waals surface area contributed by atoms with Crippen LogP contribution >= 0.6 is 0 Å². The molecule has 0 aromatic heterocycles. The maximum atomic E-state index is 10.3. The van der Waals surface area contributed by atoms with Crippen molar-refractivity contribution in [3.63, 3.8) is 0 Å². The molecular weight excluding hydrogens is 260 g/mol. The number of rotatable bonds is 16. The van der Waals surface area contributed by atoms with E-state index >= 15 is 0 Å². The van der Waals surface area contributed by atoms with Gasteiger partial charge in [-0.15, -0.1) is 6.58 Å². The summed E-state index contributed by atoms with van der Waals surface area (Å²) in [6.45, 7) is 3.74. The Morgan fingerprint density at radius 1 is 0.714 bits per heavy atom. The highest BCUT2D eigenvalue weighted by Gasteiger charge is 1.95. The molecule has 1 N–H and O–H groups in total. The van der Waals surface area contributed by atoms with Gasteiger partial charge >= 0.3 is 5.97 Å². The van der Waals surface area contributed by atoms with Crippen molar-refractivity contribution in [3.8, 4) is 0 Å². The van der Waals surface area contributed by atoms with Crippen molar-refractivity contribution >= 4 is 5.97 Å². The van der Waals surface area contributed by atoms with E-state index in [-0.39, 0.29) is 0 Å². The molecule has 0 spiro atoms. The lowest BCUT2D eigenvalue weighted by Gasteiger charge is -2.00. The topological polar surface area (TPSA) is 37.3 Å². The van der Waals surface area contributed by atoms with E-state index in [9.17, 15) is 4.79 Å². The standard InChI is InChI=1S/C19H34O2/c1-2-3-4-5-6-7-8-9-10-11-12-13-14-15-16-17-18-19(20)21/h2,12-13H,1,3-11,14-18H2,(H,20,21)/b13-12-. The van der Waals surface area contributed by atoms with E-state index in [1.54, 1.807) is 0 Å². The maximum Gasteiger partial charge on any atom is 0.303 e. The summed E-state index contributed by atoms with van der Waals surface area (Å²) in [6.07, 6.45) is 22.8. The number of carboxylic acids is 1. The Bertz CT molecular complexity index is 269. The van der Waals surface area contributed by atoms with E-state index in [2.05, 4.69) is 18.7 Å². The molecule has 122 valence electrons. The smallest absolute Gasteiger partial charge is 0.303 e. The Balaban J connectivity index is 3.08. The zero-order valence-electron chi connectivity index (χ0n) is 13.7. The Labute approximate surface area is 131 Å². The lowest BCUT2D eigenvalue weighted by molar-refractivity contribution is -0.137. The Morgan fingerprint density at radius 3 is 1.62 bits per heavy atom. The van der Waals surface area contributed by atoms with Gasteiger partial charge in [0.25, 0.3) is 0 Å². The van der Waals surface area contributed by atoms with Crippen LogP contribution in [0.3, 0.4) is 0 Å². The van der Waals surface area contributed by atoms with Gasteiger partial charge in [0.2, 0.25) is 0 Å². The Kier molecular flexibility index (Phi) is 16.2. The van der Waals surface area contributed by atoms with E-state index in [0.717, 1.165) is 25.7 Å². The fourth-order valence-electron chi connectivity index (χ4n) is 2.39. The van der Waals surface area contributed by atoms with Crippen molar-refractivity contribution in [2.75, 3.05) is 0 Å². The van der Waals surface area contributed by atoms with Crippen LogP contribution in [0.5, 0.6) is 0 Å². The van der Waals surface area contributed by atoms with Gasteiger partial charge in [-0.25, -0.2) is 0 Å². The molecule has 0 radical (unpaired) electrons. The fourth-order valence-corrected chi connectivity index (χ4v) is 2.39. The van der Waals surface area contributed by atoms with Crippen LogP contribution < -0.4 is 0 Å². The molecule has 0 rings (SSSR count). The first-order valence-electron chi connectivity index (χ1n) is 8.75. The molecule has 0 bridgehead atoms. The zero-order valence-corrected chi connectivity index (χ0v) is 13.7. The number of hydrogen-bond acceptors (Lipinski definition) is 1. The number of hydrogen-bond donors (Lipinski definition) is 1. The van der Waals surface area contributed by atoms with Crippen molar-refractivity contribution in [3.05, 3.63) is 24.8 Å². The van der Waals surface area contributed by atoms with Gasteiger partial charge in [-0.2, -0.15) is 0 Å². The van der Waals surface area contributed by atoms with Crippen LogP contribution in [0.25, 0.3) is 0 Å². The van der Waals surface area contributed by atoms with Crippen molar-refractivity contribution in [2.45, 2.75) is 89.9 Å². The van der Waals surface area contributed by atoms with Crippen LogP contribution in [0.4, 0.5) is 0 Å². The summed E-state index contributed by atoms with van der Waals surface area (Å²) >= 11 is 0. The highest BCUT2D eigenvalue weighted by molar-refractivity contribution is 5.66. The molecule has 0 aromatic rings. The van der Waals surface area contributed by atoms with E-state index in [4.69, 9.17) is 5.11 Å². The SMILES string of the molecule is C=CCCCCCCCCC/C=C\CCCCCC(=O)O. The summed E-state index contributed by atoms with van der Waals surface area (Å²) in [4.78, 5) is 10.3. The van der Waals surface area contributed by atoms with E-state index < -0.39 is 5.97 Å². The number of carbonyl (C=O) groups is 1. The average molecular weight is 294 g/mol. The van der Waals surface area contributed by atoms with Crippen LogP contribution in [0.2, 0.25) is 0 Å². The minimum absolute atomic E-state index is 0.317. The third-order valence-corrected chi connectivity index (χ3v) is 3.71. The number of carboxylic acid groups (broad SMARTS) is 1. The molecule has 0 aliphatic heterocycles. The second-order valence-corrected chi connectivity index (χ2v) is 5.81. The van der Waals surface area contributed by atoms with Gasteiger partial charge in [-0.05, 0) is 44.9 Å². The Morgan fingerprint density at radius 2 is 1.14 bits per heavy atom. The molecule has 0 saturated carbocycles. The molecule has 21 heavy (non-hydrogen) atoms. The minimum Gasteiger partial charge on any atom is -0.481 e. The van der Waals surface area contributed by atoms with Crippen molar-refractivity contribution in [2.24, 2.45) is 0 Å². The van der Waals surface area contributed by atoms with Crippen LogP contribution in [0.1, 0.15) is 89.9 Å². The van der Waals surface area contributed by atoms with E-state index in [0.29, 0.717) is 6.42 Å². The first-order chi connectivity index (χ1) is 10.3. The number of allylic oxidation sites excluding steroid dienone is 3. The molecule has 0 aliphatic carbocycles. The summed E-state index contributed by atoms with van der Waals surface area (Å²) in [5.41, 5.74) is 0. The fraction of sp³-hybridized carbons (Fsp3) is 0.737. The molecule has 0 aromatic carbocycles. The van der Waals surface area contributed by atoms with Crippen molar-refractivity contribution in [1.82, 2.24) is 0 Å². The average Bonchev–Trinajstić information content (AvgIpc) is 2.46. The van der Waals surface area contributed by atoms with E-state index in [1.807, 2.05) is 6.08 Å². The first-order valence-corrected chi connectivity index (χ1v) is 8.75. The summed E-state index contributed by atoms with van der Waals surface area (Å²) in [5.74, 6) is -0.675. The highest BCUT2D eigenvalue weighted by Crippen LogP contribution is 2.10. The molecule has 2 heteroatoms. The molecule has 0 saturated heterocycles. The van der Waals surface area contributed by atoms with Gasteiger partial charge in [0, 0.05) is 6.42 Å². The van der Waals surface area contributed by atoms with Crippen molar-refractivity contribution < 1.29 is 9.90 Å². The monoisotopic (exact) mass is 294 g/mol. The normalized spacial score (nSPS) is 11.0. The lowest BCUT2D eigenvalue weighted by Crippen LogP contribution is -1.93. The quantitative estimate of drug-likeness (QED) is 0.269. The van der Waals surface area contributed by atoms with Crippen LogP contribution in [0, 0.1) is 0 Å². The second kappa shape index (κ2) is 17.0. The van der Waals surface area contributed by atoms with Gasteiger partial charge in [0.15, 0.2) is 0 Å². The van der Waals surface area contributed by atoms with Crippen LogP contribution in [-0.2, 0) is 4.79 Å². The predicted molar refractivity (Wildman–Crippen MR) is 91.6 cm³/mol. The second-order valence-electron chi connectivity index (χ2n) is 5.81. The summed E-state index contributed by atoms with van der Waals surface area (Å²) in [6, 6.07) is 0. The molecule has 0 heterocycles. The molecular formula is C19H34O2. The summed E-state index contributed by atoms with van der Waals surface area (Å²) in [7, 11) is 0. The maximum absolute atomic E-state index is 10.3. The van der Waals surface area contributed by atoms with E-state index in [1.165, 1.54) is 57.8 Å². The first kappa shape index (κ1) is 19.9. The lowest BCUT2D eigenvalue weighted by atomic mass is 10.1. The number of aliphatic carboxylic acids is 1. The highest BCUT2D eigenvalue weighted by atomic mass is 16.4. The van der Waals surface area contributed by atoms with Gasteiger partial charge < -0.3 is 5.11 Å². The van der Waals surface area contributed by atoms with Gasteiger partial charge in [-0.1, -0.05) is 56.8 Å². The number of unbranched alkanes of at least 4 members (excludes halogenated alkanes) is 11. The Hall–Kier alpha value is -1.05. The predicted octanol–water partition coefficient (Wildman–Crippen LogP) is 6.27. The van der Waals surface area contributed by atoms with Crippen LogP contribution in [-0.4, -0.2) is 11.1 Å². The summed E-state index contributed by atoms with van der Waals surface area (Å²) in [5, 5.41) is 8.51. The summed E-state index contributed by atoms with van der Waals surface area (Å²) < 4.78 is 0. The van der Waals surface area contributed by atoms with Crippen molar-refractivity contribution in [1.29, 1.82) is 0 Å². The third-order valence-electron chi connectivity index (χ3n) is 3.71. The zero-order chi connectivity index (χ0) is 15.6. The third kappa shape index (κ3) is 18.9. The molecule has 0 amide bonds. The largest absolute Gasteiger partial charge is 0.481 e. The molecule has 0 fully saturated rings. The molecule has 2 nitrogen and oxygen atoms in total. The molecule has 0 unspecified atom stereocenters. The van der Waals surface area contributed by atoms with Gasteiger partial charge in [0.05, 0.1) is 0 Å². The molecule has 0 atom stereocenters. The molecule has 0 aliphatic rings. The van der Waals surface area contributed by atoms with Gasteiger partial charge in [-0.3, -0.25) is 4.79 Å². The van der Waals surface area contributed by atoms with Crippen LogP contribution in [0.15, 0.2) is 24.8 Å². The minimum atomic E-state index is -0.675. The van der Waals surface area contributed by atoms with Gasteiger partial charge in [0.1, 0.15) is 0 Å².